The highest BCUT2D eigenvalue weighted by Gasteiger charge is 2.30. The lowest BCUT2D eigenvalue weighted by Gasteiger charge is -2.32. The monoisotopic (exact) mass is 515 g/mol. The Hall–Kier alpha value is -1.39. The van der Waals surface area contributed by atoms with E-state index in [2.05, 4.69) is 26.2 Å². The molecule has 0 aromatic heterocycles. The van der Waals surface area contributed by atoms with E-state index in [9.17, 15) is 4.79 Å². The predicted octanol–water partition coefficient (Wildman–Crippen LogP) is 1.53. The van der Waals surface area contributed by atoms with Crippen LogP contribution in [0, 0.1) is 0 Å². The molecule has 3 rings (SSSR count). The molecule has 0 bridgehead atoms. The zero-order valence-corrected chi connectivity index (χ0v) is 20.1. The molecule has 2 heterocycles. The number of carbonyl (C=O) groups excluding carboxylic acids is 1. The van der Waals surface area contributed by atoms with Gasteiger partial charge in [-0.25, -0.2) is 0 Å². The van der Waals surface area contributed by atoms with Gasteiger partial charge in [0.2, 0.25) is 0 Å². The first kappa shape index (κ1) is 23.9. The summed E-state index contributed by atoms with van der Waals surface area (Å²) < 4.78 is 5.47. The molecule has 1 amide bonds. The molecule has 1 aromatic carbocycles. The summed E-state index contributed by atoms with van der Waals surface area (Å²) in [5.74, 6) is 1.01. The Labute approximate surface area is 191 Å². The normalized spacial score (nSPS) is 20.3. The molecule has 1 N–H and O–H groups in total. The van der Waals surface area contributed by atoms with Gasteiger partial charge in [0.05, 0.1) is 13.2 Å². The van der Waals surface area contributed by atoms with Crippen molar-refractivity contribution in [2.24, 2.45) is 4.99 Å². The van der Waals surface area contributed by atoms with Gasteiger partial charge >= 0.3 is 0 Å². The van der Waals surface area contributed by atoms with Crippen LogP contribution in [0.2, 0.25) is 0 Å². The standard InChI is InChI=1S/C21H33N5O2.HI/c1-22-21(26-10-8-19(16-26)25-11-13-28-14-12-25)23-9-7-17-5-4-6-18(15-17)20(27)24(2)3;/h4-6,15,19H,7-14,16H2,1-3H3,(H,22,23);1H. The molecule has 1 atom stereocenters. The first-order valence-electron chi connectivity index (χ1n) is 10.2. The third-order valence-electron chi connectivity index (χ3n) is 5.51. The smallest absolute Gasteiger partial charge is 0.253 e. The summed E-state index contributed by atoms with van der Waals surface area (Å²) >= 11 is 0. The summed E-state index contributed by atoms with van der Waals surface area (Å²) in [6, 6.07) is 8.47. The van der Waals surface area contributed by atoms with Crippen LogP contribution in [0.1, 0.15) is 22.3 Å². The largest absolute Gasteiger partial charge is 0.379 e. The van der Waals surface area contributed by atoms with Crippen molar-refractivity contribution >= 4 is 35.8 Å². The van der Waals surface area contributed by atoms with Crippen LogP contribution in [0.15, 0.2) is 29.3 Å². The molecule has 2 saturated heterocycles. The van der Waals surface area contributed by atoms with Crippen molar-refractivity contribution in [3.05, 3.63) is 35.4 Å². The Bertz CT molecular complexity index is 691. The molecule has 2 fully saturated rings. The minimum absolute atomic E-state index is 0. The molecule has 1 unspecified atom stereocenters. The van der Waals surface area contributed by atoms with Crippen LogP contribution in [0.4, 0.5) is 0 Å². The molecule has 0 radical (unpaired) electrons. The quantitative estimate of drug-likeness (QED) is 0.366. The average molecular weight is 515 g/mol. The number of nitrogens with zero attached hydrogens (tertiary/aromatic N) is 4. The maximum Gasteiger partial charge on any atom is 0.253 e. The molecule has 29 heavy (non-hydrogen) atoms. The summed E-state index contributed by atoms with van der Waals surface area (Å²) in [5, 5.41) is 3.49. The fourth-order valence-electron chi connectivity index (χ4n) is 3.94. The fraction of sp³-hybridized carbons (Fsp3) is 0.619. The number of amides is 1. The van der Waals surface area contributed by atoms with E-state index in [1.165, 1.54) is 6.42 Å². The lowest BCUT2D eigenvalue weighted by Crippen LogP contribution is -2.46. The highest BCUT2D eigenvalue weighted by atomic mass is 127. The van der Waals surface area contributed by atoms with E-state index in [4.69, 9.17) is 4.74 Å². The number of rotatable bonds is 5. The molecule has 0 aliphatic carbocycles. The number of nitrogens with one attached hydrogen (secondary N) is 1. The maximum absolute atomic E-state index is 12.1. The van der Waals surface area contributed by atoms with Gasteiger partial charge < -0.3 is 19.9 Å². The molecule has 0 saturated carbocycles. The second-order valence-electron chi connectivity index (χ2n) is 7.66. The highest BCUT2D eigenvalue weighted by Crippen LogP contribution is 2.17. The SMILES string of the molecule is CN=C(NCCc1cccc(C(=O)N(C)C)c1)N1CCC(N2CCOCC2)C1.I. The van der Waals surface area contributed by atoms with Crippen LogP contribution in [0.5, 0.6) is 0 Å². The molecule has 0 spiro atoms. The molecular formula is C21H34IN5O2. The van der Waals surface area contributed by atoms with E-state index in [1.54, 1.807) is 19.0 Å². The van der Waals surface area contributed by atoms with Gasteiger partial charge in [-0.3, -0.25) is 14.7 Å². The summed E-state index contributed by atoms with van der Waals surface area (Å²) in [4.78, 5) is 23.1. The number of ether oxygens (including phenoxy) is 1. The van der Waals surface area contributed by atoms with Crippen molar-refractivity contribution in [1.82, 2.24) is 20.0 Å². The first-order chi connectivity index (χ1) is 13.6. The number of aliphatic imine (C=N–C) groups is 1. The Morgan fingerprint density at radius 1 is 1.28 bits per heavy atom. The van der Waals surface area contributed by atoms with Gasteiger partial charge in [0, 0.05) is 65.5 Å². The number of halogens is 1. The number of hydrogen-bond acceptors (Lipinski definition) is 4. The molecule has 2 aliphatic heterocycles. The highest BCUT2D eigenvalue weighted by molar-refractivity contribution is 14.0. The fourth-order valence-corrected chi connectivity index (χ4v) is 3.94. The topological polar surface area (TPSA) is 60.4 Å². The second-order valence-corrected chi connectivity index (χ2v) is 7.66. The van der Waals surface area contributed by atoms with Crippen LogP contribution in [0.3, 0.4) is 0 Å². The Balaban J connectivity index is 0.00000300. The third kappa shape index (κ3) is 6.55. The molecule has 162 valence electrons. The van der Waals surface area contributed by atoms with E-state index in [-0.39, 0.29) is 29.9 Å². The van der Waals surface area contributed by atoms with Crippen molar-refractivity contribution in [3.8, 4) is 0 Å². The molecule has 8 heteroatoms. The van der Waals surface area contributed by atoms with Crippen LogP contribution in [0.25, 0.3) is 0 Å². The van der Waals surface area contributed by atoms with Crippen molar-refractivity contribution in [3.63, 3.8) is 0 Å². The van der Waals surface area contributed by atoms with Crippen LogP contribution in [-0.2, 0) is 11.2 Å². The van der Waals surface area contributed by atoms with Gasteiger partial charge in [0.1, 0.15) is 0 Å². The van der Waals surface area contributed by atoms with Crippen LogP contribution >= 0.6 is 24.0 Å². The minimum atomic E-state index is 0. The number of benzene rings is 1. The minimum Gasteiger partial charge on any atom is -0.379 e. The number of likely N-dealkylation sites (tertiary alicyclic amines) is 1. The van der Waals surface area contributed by atoms with Gasteiger partial charge in [-0.2, -0.15) is 0 Å². The predicted molar refractivity (Wildman–Crippen MR) is 127 cm³/mol. The number of carbonyl (C=O) groups is 1. The van der Waals surface area contributed by atoms with Gasteiger partial charge in [0.25, 0.3) is 5.91 Å². The summed E-state index contributed by atoms with van der Waals surface area (Å²) in [5.41, 5.74) is 1.89. The van der Waals surface area contributed by atoms with Gasteiger partial charge in [-0.05, 0) is 30.5 Å². The number of morpholine rings is 1. The Kier molecular flexibility index (Phi) is 9.64. The molecular weight excluding hydrogens is 481 g/mol. The zero-order chi connectivity index (χ0) is 19.9. The van der Waals surface area contributed by atoms with E-state index in [0.717, 1.165) is 69.4 Å². The van der Waals surface area contributed by atoms with E-state index in [1.807, 2.05) is 25.2 Å². The van der Waals surface area contributed by atoms with Crippen molar-refractivity contribution in [2.45, 2.75) is 18.9 Å². The molecule has 1 aromatic rings. The number of guanidine groups is 1. The van der Waals surface area contributed by atoms with E-state index < -0.39 is 0 Å². The van der Waals surface area contributed by atoms with Gasteiger partial charge in [0.15, 0.2) is 5.96 Å². The van der Waals surface area contributed by atoms with Crippen molar-refractivity contribution < 1.29 is 9.53 Å². The van der Waals surface area contributed by atoms with E-state index in [0.29, 0.717) is 6.04 Å². The van der Waals surface area contributed by atoms with Crippen LogP contribution < -0.4 is 5.32 Å². The Morgan fingerprint density at radius 2 is 2.03 bits per heavy atom. The molecule has 7 nitrogen and oxygen atoms in total. The second kappa shape index (κ2) is 11.7. The van der Waals surface area contributed by atoms with E-state index >= 15 is 0 Å². The van der Waals surface area contributed by atoms with Crippen molar-refractivity contribution in [1.29, 1.82) is 0 Å². The van der Waals surface area contributed by atoms with Crippen molar-refractivity contribution in [2.75, 3.05) is 67.1 Å². The Morgan fingerprint density at radius 3 is 2.72 bits per heavy atom. The number of hydrogen-bond donors (Lipinski definition) is 1. The molecule has 2 aliphatic rings. The summed E-state index contributed by atoms with van der Waals surface area (Å²) in [6.45, 7) is 6.61. The average Bonchev–Trinajstić information content (AvgIpc) is 3.21. The summed E-state index contributed by atoms with van der Waals surface area (Å²) in [6.07, 6.45) is 2.03. The lowest BCUT2D eigenvalue weighted by molar-refractivity contribution is 0.0195. The lowest BCUT2D eigenvalue weighted by atomic mass is 10.1. The van der Waals surface area contributed by atoms with Gasteiger partial charge in [-0.15, -0.1) is 24.0 Å². The summed E-state index contributed by atoms with van der Waals surface area (Å²) in [7, 11) is 5.41. The first-order valence-corrected chi connectivity index (χ1v) is 10.2. The third-order valence-corrected chi connectivity index (χ3v) is 5.51. The van der Waals surface area contributed by atoms with Gasteiger partial charge in [-0.1, -0.05) is 12.1 Å². The maximum atomic E-state index is 12.1. The zero-order valence-electron chi connectivity index (χ0n) is 17.8. The van der Waals surface area contributed by atoms with Crippen LogP contribution in [-0.4, -0.2) is 99.7 Å².